The van der Waals surface area contributed by atoms with Crippen molar-refractivity contribution in [3.63, 3.8) is 0 Å². The van der Waals surface area contributed by atoms with Crippen molar-refractivity contribution in [1.82, 2.24) is 19.5 Å². The van der Waals surface area contributed by atoms with Crippen molar-refractivity contribution in [2.45, 2.75) is 30.6 Å². The van der Waals surface area contributed by atoms with Crippen molar-refractivity contribution in [3.8, 4) is 0 Å². The van der Waals surface area contributed by atoms with E-state index in [4.69, 9.17) is 4.98 Å². The van der Waals surface area contributed by atoms with E-state index < -0.39 is 0 Å². The van der Waals surface area contributed by atoms with E-state index >= 15 is 0 Å². The zero-order valence-corrected chi connectivity index (χ0v) is 16.1. The SMILES string of the molecule is C=CCn1c(Sc2ncnc3sccc23)nc2sc(C)c(C)c2c1=O. The lowest BCUT2D eigenvalue weighted by Gasteiger charge is -2.10. The maximum absolute atomic E-state index is 13.0. The molecular formula is C17H14N4OS3. The van der Waals surface area contributed by atoms with Gasteiger partial charge in [0.1, 0.15) is 21.0 Å². The van der Waals surface area contributed by atoms with Gasteiger partial charge >= 0.3 is 0 Å². The summed E-state index contributed by atoms with van der Waals surface area (Å²) in [6.07, 6.45) is 3.27. The topological polar surface area (TPSA) is 60.7 Å². The van der Waals surface area contributed by atoms with Gasteiger partial charge in [-0.25, -0.2) is 15.0 Å². The molecule has 126 valence electrons. The molecule has 0 saturated carbocycles. The molecule has 0 unspecified atom stereocenters. The number of nitrogens with zero attached hydrogens (tertiary/aromatic N) is 4. The molecule has 25 heavy (non-hydrogen) atoms. The van der Waals surface area contributed by atoms with Gasteiger partial charge in [0.2, 0.25) is 0 Å². The molecule has 0 radical (unpaired) electrons. The summed E-state index contributed by atoms with van der Waals surface area (Å²) in [5, 5.41) is 5.11. The van der Waals surface area contributed by atoms with Gasteiger partial charge in [0.15, 0.2) is 5.16 Å². The lowest BCUT2D eigenvalue weighted by atomic mass is 10.2. The molecule has 0 amide bonds. The number of aryl methyl sites for hydroxylation is 2. The molecule has 5 nitrogen and oxygen atoms in total. The van der Waals surface area contributed by atoms with Crippen LogP contribution in [0.1, 0.15) is 10.4 Å². The third-order valence-corrected chi connectivity index (χ3v) is 6.91. The molecule has 4 aromatic heterocycles. The van der Waals surface area contributed by atoms with E-state index in [9.17, 15) is 4.79 Å². The Morgan fingerprint density at radius 1 is 1.32 bits per heavy atom. The van der Waals surface area contributed by atoms with Gasteiger partial charge in [0.05, 0.1) is 5.39 Å². The Hall–Kier alpha value is -2.03. The highest BCUT2D eigenvalue weighted by Crippen LogP contribution is 2.34. The molecule has 0 saturated heterocycles. The van der Waals surface area contributed by atoms with Gasteiger partial charge in [0.25, 0.3) is 5.56 Å². The fourth-order valence-electron chi connectivity index (χ4n) is 2.61. The number of hydrogen-bond donors (Lipinski definition) is 0. The Labute approximate surface area is 156 Å². The average Bonchev–Trinajstić information content (AvgIpc) is 3.17. The Kier molecular flexibility index (Phi) is 4.18. The maximum atomic E-state index is 13.0. The zero-order chi connectivity index (χ0) is 17.6. The molecule has 0 aliphatic rings. The van der Waals surface area contributed by atoms with Crippen molar-refractivity contribution in [2.75, 3.05) is 0 Å². The van der Waals surface area contributed by atoms with Gasteiger partial charge in [-0.15, -0.1) is 29.3 Å². The summed E-state index contributed by atoms with van der Waals surface area (Å²) in [6, 6.07) is 2.00. The average molecular weight is 387 g/mol. The smallest absolute Gasteiger partial charge is 0.263 e. The Morgan fingerprint density at radius 3 is 2.96 bits per heavy atom. The molecule has 0 fully saturated rings. The minimum absolute atomic E-state index is 0.0233. The van der Waals surface area contributed by atoms with Crippen LogP contribution >= 0.6 is 34.4 Å². The molecule has 0 aliphatic carbocycles. The van der Waals surface area contributed by atoms with E-state index in [1.54, 1.807) is 39.6 Å². The van der Waals surface area contributed by atoms with Crippen LogP contribution in [-0.4, -0.2) is 19.5 Å². The second-order valence-electron chi connectivity index (χ2n) is 5.48. The lowest BCUT2D eigenvalue weighted by Crippen LogP contribution is -2.22. The molecule has 4 heterocycles. The standard InChI is InChI=1S/C17H14N4OS3/c1-4-6-21-16(22)12-9(2)10(3)24-15(12)20-17(21)25-14-11-5-7-23-13(11)18-8-19-14/h4-5,7-8H,1,6H2,2-3H3. The van der Waals surface area contributed by atoms with Crippen LogP contribution in [0, 0.1) is 13.8 Å². The Balaban J connectivity index is 1.94. The highest BCUT2D eigenvalue weighted by atomic mass is 32.2. The second kappa shape index (κ2) is 6.36. The van der Waals surface area contributed by atoms with E-state index in [1.165, 1.54) is 11.8 Å². The Morgan fingerprint density at radius 2 is 2.16 bits per heavy atom. The van der Waals surface area contributed by atoms with Crippen LogP contribution in [0.4, 0.5) is 0 Å². The fourth-order valence-corrected chi connectivity index (χ4v) is 5.44. The van der Waals surface area contributed by atoms with E-state index in [0.29, 0.717) is 17.1 Å². The van der Waals surface area contributed by atoms with Crippen LogP contribution < -0.4 is 5.56 Å². The van der Waals surface area contributed by atoms with E-state index in [1.807, 2.05) is 25.3 Å². The molecule has 4 rings (SSSR count). The summed E-state index contributed by atoms with van der Waals surface area (Å²) in [6.45, 7) is 8.18. The minimum Gasteiger partial charge on any atom is -0.283 e. The quantitative estimate of drug-likeness (QED) is 0.295. The molecule has 0 aromatic carbocycles. The van der Waals surface area contributed by atoms with Gasteiger partial charge in [-0.1, -0.05) is 6.08 Å². The lowest BCUT2D eigenvalue weighted by molar-refractivity contribution is 0.672. The fraction of sp³-hybridized carbons (Fsp3) is 0.176. The first-order valence-electron chi connectivity index (χ1n) is 7.57. The van der Waals surface area contributed by atoms with Gasteiger partial charge in [-0.3, -0.25) is 9.36 Å². The third-order valence-electron chi connectivity index (χ3n) is 3.98. The van der Waals surface area contributed by atoms with Gasteiger partial charge in [-0.2, -0.15) is 0 Å². The largest absolute Gasteiger partial charge is 0.283 e. The molecule has 0 spiro atoms. The number of allylic oxidation sites excluding steroid dienone is 1. The number of fused-ring (bicyclic) bond motifs is 2. The van der Waals surface area contributed by atoms with Crippen LogP contribution in [0.3, 0.4) is 0 Å². The summed E-state index contributed by atoms with van der Waals surface area (Å²) in [5.41, 5.74) is 0.985. The van der Waals surface area contributed by atoms with Crippen molar-refractivity contribution in [2.24, 2.45) is 0 Å². The van der Waals surface area contributed by atoms with Crippen LogP contribution in [0.5, 0.6) is 0 Å². The van der Waals surface area contributed by atoms with Crippen molar-refractivity contribution in [1.29, 1.82) is 0 Å². The van der Waals surface area contributed by atoms with Gasteiger partial charge in [0, 0.05) is 16.8 Å². The monoisotopic (exact) mass is 386 g/mol. The third kappa shape index (κ3) is 2.70. The Bertz CT molecular complexity index is 1170. The minimum atomic E-state index is -0.0233. The summed E-state index contributed by atoms with van der Waals surface area (Å²) >= 11 is 4.52. The van der Waals surface area contributed by atoms with E-state index in [2.05, 4.69) is 16.5 Å². The predicted molar refractivity (Wildman–Crippen MR) is 105 cm³/mol. The summed E-state index contributed by atoms with van der Waals surface area (Å²) < 4.78 is 1.67. The number of hydrogen-bond acceptors (Lipinski definition) is 7. The molecule has 4 aromatic rings. The maximum Gasteiger partial charge on any atom is 0.263 e. The first-order valence-corrected chi connectivity index (χ1v) is 10.1. The first-order chi connectivity index (χ1) is 12.1. The van der Waals surface area contributed by atoms with Gasteiger partial charge < -0.3 is 0 Å². The van der Waals surface area contributed by atoms with Crippen LogP contribution in [0.25, 0.3) is 20.4 Å². The molecule has 0 bridgehead atoms. The van der Waals surface area contributed by atoms with E-state index in [0.717, 1.165) is 30.5 Å². The zero-order valence-electron chi connectivity index (χ0n) is 13.6. The van der Waals surface area contributed by atoms with Crippen molar-refractivity contribution >= 4 is 54.9 Å². The normalized spacial score (nSPS) is 11.4. The summed E-state index contributed by atoms with van der Waals surface area (Å²) in [4.78, 5) is 29.3. The molecule has 0 N–H and O–H groups in total. The number of thiophene rings is 2. The molecule has 0 aliphatic heterocycles. The molecule has 0 atom stereocenters. The first kappa shape index (κ1) is 16.4. The predicted octanol–water partition coefficient (Wildman–Crippen LogP) is 4.42. The van der Waals surface area contributed by atoms with E-state index in [-0.39, 0.29) is 5.56 Å². The second-order valence-corrected chi connectivity index (χ2v) is 8.54. The summed E-state index contributed by atoms with van der Waals surface area (Å²) in [7, 11) is 0. The highest BCUT2D eigenvalue weighted by Gasteiger charge is 2.18. The molecular weight excluding hydrogens is 372 g/mol. The summed E-state index contributed by atoms with van der Waals surface area (Å²) in [5.74, 6) is 0. The van der Waals surface area contributed by atoms with Crippen LogP contribution in [0.2, 0.25) is 0 Å². The van der Waals surface area contributed by atoms with Gasteiger partial charge in [-0.05, 0) is 42.6 Å². The van der Waals surface area contributed by atoms with Crippen molar-refractivity contribution < 1.29 is 0 Å². The van der Waals surface area contributed by atoms with Crippen LogP contribution in [-0.2, 0) is 6.54 Å². The van der Waals surface area contributed by atoms with Crippen molar-refractivity contribution in [3.05, 3.63) is 51.2 Å². The number of aromatic nitrogens is 4. The highest BCUT2D eigenvalue weighted by molar-refractivity contribution is 7.99. The molecule has 8 heteroatoms. The number of rotatable bonds is 4. The van der Waals surface area contributed by atoms with Crippen LogP contribution in [0.15, 0.2) is 45.4 Å².